The van der Waals surface area contributed by atoms with Crippen molar-refractivity contribution in [1.82, 2.24) is 14.9 Å². The van der Waals surface area contributed by atoms with Gasteiger partial charge < -0.3 is 25.0 Å². The number of nitrogens with one attached hydrogen (secondary N) is 2. The van der Waals surface area contributed by atoms with Crippen LogP contribution in [0.5, 0.6) is 11.5 Å². The van der Waals surface area contributed by atoms with Gasteiger partial charge in [0.15, 0.2) is 0 Å². The second kappa shape index (κ2) is 7.03. The molecule has 0 aliphatic carbocycles. The van der Waals surface area contributed by atoms with E-state index in [0.29, 0.717) is 36.2 Å². The third-order valence-corrected chi connectivity index (χ3v) is 3.72. The molecular weight excluding hydrogens is 310 g/mol. The Bertz CT molecular complexity index is 704. The zero-order chi connectivity index (χ0) is 16.9. The Morgan fingerprint density at radius 3 is 2.62 bits per heavy atom. The van der Waals surface area contributed by atoms with Gasteiger partial charge in [0.1, 0.15) is 11.5 Å². The van der Waals surface area contributed by atoms with Crippen LogP contribution in [0.3, 0.4) is 0 Å². The van der Waals surface area contributed by atoms with Crippen LogP contribution in [0.1, 0.15) is 0 Å². The van der Waals surface area contributed by atoms with Gasteiger partial charge in [0.05, 0.1) is 25.9 Å². The zero-order valence-electron chi connectivity index (χ0n) is 13.5. The van der Waals surface area contributed by atoms with E-state index in [1.807, 2.05) is 0 Å². The van der Waals surface area contributed by atoms with Gasteiger partial charge in [-0.25, -0.2) is 14.8 Å². The molecule has 0 unspecified atom stereocenters. The highest BCUT2D eigenvalue weighted by molar-refractivity contribution is 5.91. The first-order valence-corrected chi connectivity index (χ1v) is 7.51. The maximum absolute atomic E-state index is 12.3. The van der Waals surface area contributed by atoms with Crippen LogP contribution in [0.25, 0.3) is 0 Å². The second-order valence-corrected chi connectivity index (χ2v) is 5.32. The van der Waals surface area contributed by atoms with Crippen molar-refractivity contribution in [3.63, 3.8) is 0 Å². The summed E-state index contributed by atoms with van der Waals surface area (Å²) in [6.07, 6.45) is 3.35. The number of likely N-dealkylation sites (tertiary alicyclic amines) is 1. The third-order valence-electron chi connectivity index (χ3n) is 3.72. The molecule has 0 saturated carbocycles. The molecule has 0 radical (unpaired) electrons. The van der Waals surface area contributed by atoms with Crippen LogP contribution in [0.4, 0.5) is 16.4 Å². The lowest BCUT2D eigenvalue weighted by atomic mass is 10.1. The average molecular weight is 329 g/mol. The smallest absolute Gasteiger partial charge is 0.322 e. The Morgan fingerprint density at radius 2 is 1.96 bits per heavy atom. The minimum atomic E-state index is -0.175. The molecule has 1 aliphatic heterocycles. The van der Waals surface area contributed by atoms with Gasteiger partial charge in [0, 0.05) is 31.5 Å². The van der Waals surface area contributed by atoms with Gasteiger partial charge in [-0.1, -0.05) is 0 Å². The zero-order valence-corrected chi connectivity index (χ0v) is 13.5. The van der Waals surface area contributed by atoms with Gasteiger partial charge in [0.2, 0.25) is 5.95 Å². The Balaban J connectivity index is 1.54. The fraction of sp³-hybridized carbons (Fsp3) is 0.312. The van der Waals surface area contributed by atoms with Gasteiger partial charge in [-0.3, -0.25) is 0 Å². The fourth-order valence-corrected chi connectivity index (χ4v) is 2.39. The highest BCUT2D eigenvalue weighted by Gasteiger charge is 2.31. The summed E-state index contributed by atoms with van der Waals surface area (Å²) >= 11 is 0. The van der Waals surface area contributed by atoms with Crippen LogP contribution in [0, 0.1) is 0 Å². The van der Waals surface area contributed by atoms with E-state index in [2.05, 4.69) is 20.6 Å². The maximum Gasteiger partial charge on any atom is 0.322 e. The largest absolute Gasteiger partial charge is 0.497 e. The summed E-state index contributed by atoms with van der Waals surface area (Å²) < 4.78 is 10.4. The van der Waals surface area contributed by atoms with Gasteiger partial charge >= 0.3 is 6.03 Å². The molecule has 0 spiro atoms. The molecule has 2 N–H and O–H groups in total. The fourth-order valence-electron chi connectivity index (χ4n) is 2.39. The molecule has 2 aromatic rings. The van der Waals surface area contributed by atoms with E-state index >= 15 is 0 Å². The van der Waals surface area contributed by atoms with Crippen molar-refractivity contribution in [2.24, 2.45) is 0 Å². The third kappa shape index (κ3) is 3.48. The molecule has 3 rings (SSSR count). The van der Waals surface area contributed by atoms with E-state index < -0.39 is 0 Å². The van der Waals surface area contributed by atoms with Crippen LogP contribution in [-0.2, 0) is 0 Å². The van der Waals surface area contributed by atoms with Crippen molar-refractivity contribution in [3.8, 4) is 11.5 Å². The number of nitrogens with zero attached hydrogens (tertiary/aromatic N) is 3. The van der Waals surface area contributed by atoms with Gasteiger partial charge in [0.25, 0.3) is 0 Å². The summed E-state index contributed by atoms with van der Waals surface area (Å²) in [5.74, 6) is 1.79. The van der Waals surface area contributed by atoms with Crippen LogP contribution >= 0.6 is 0 Å². The Morgan fingerprint density at radius 1 is 1.21 bits per heavy atom. The quantitative estimate of drug-likeness (QED) is 0.870. The highest BCUT2D eigenvalue weighted by Crippen LogP contribution is 2.29. The number of methoxy groups -OCH3 is 2. The van der Waals surface area contributed by atoms with E-state index in [1.165, 1.54) is 0 Å². The first-order valence-electron chi connectivity index (χ1n) is 7.51. The Labute approximate surface area is 139 Å². The Kier molecular flexibility index (Phi) is 4.64. The lowest BCUT2D eigenvalue weighted by Gasteiger charge is -2.39. The molecule has 8 nitrogen and oxygen atoms in total. The molecule has 24 heavy (non-hydrogen) atoms. The summed E-state index contributed by atoms with van der Waals surface area (Å²) in [7, 11) is 3.13. The van der Waals surface area contributed by atoms with Crippen molar-refractivity contribution in [2.45, 2.75) is 6.04 Å². The molecule has 2 amide bonds. The maximum atomic E-state index is 12.3. The van der Waals surface area contributed by atoms with Gasteiger partial charge in [-0.05, 0) is 18.2 Å². The molecule has 0 atom stereocenters. The average Bonchev–Trinajstić information content (AvgIpc) is 2.58. The monoisotopic (exact) mass is 329 g/mol. The van der Waals surface area contributed by atoms with Crippen molar-refractivity contribution in [3.05, 3.63) is 36.7 Å². The molecule has 0 bridgehead atoms. The van der Waals surface area contributed by atoms with E-state index in [-0.39, 0.29) is 12.1 Å². The van der Waals surface area contributed by atoms with Gasteiger partial charge in [-0.15, -0.1) is 0 Å². The van der Waals surface area contributed by atoms with Gasteiger partial charge in [-0.2, -0.15) is 0 Å². The number of amides is 2. The van der Waals surface area contributed by atoms with Crippen LogP contribution < -0.4 is 20.1 Å². The number of rotatable bonds is 5. The molecule has 1 aliphatic rings. The molecule has 1 saturated heterocycles. The Hall–Kier alpha value is -3.03. The number of anilines is 2. The number of aromatic nitrogens is 2. The molecule has 8 heteroatoms. The number of urea groups is 1. The molecular formula is C16H19N5O3. The van der Waals surface area contributed by atoms with E-state index in [9.17, 15) is 4.79 Å². The number of hydrogen-bond acceptors (Lipinski definition) is 6. The molecule has 1 fully saturated rings. The number of ether oxygens (including phenoxy) is 2. The number of hydrogen-bond donors (Lipinski definition) is 2. The van der Waals surface area contributed by atoms with E-state index in [1.54, 1.807) is 55.8 Å². The lowest BCUT2D eigenvalue weighted by molar-refractivity contribution is 0.171. The summed E-state index contributed by atoms with van der Waals surface area (Å²) in [5, 5.41) is 6.03. The van der Waals surface area contributed by atoms with Crippen molar-refractivity contribution in [1.29, 1.82) is 0 Å². The van der Waals surface area contributed by atoms with Crippen molar-refractivity contribution >= 4 is 17.7 Å². The first kappa shape index (κ1) is 15.9. The minimum absolute atomic E-state index is 0.149. The topological polar surface area (TPSA) is 88.6 Å². The van der Waals surface area contributed by atoms with E-state index in [4.69, 9.17) is 9.47 Å². The normalized spacial score (nSPS) is 13.8. The summed E-state index contributed by atoms with van der Waals surface area (Å²) in [5.41, 5.74) is 0.603. The van der Waals surface area contributed by atoms with Crippen molar-refractivity contribution < 1.29 is 14.3 Å². The van der Waals surface area contributed by atoms with Crippen LogP contribution in [0.15, 0.2) is 36.7 Å². The number of carbonyl (C=O) groups excluding carboxylic acids is 1. The standard InChI is InChI=1S/C16H19N5O3/c1-23-12-4-5-13(14(8-12)24-2)20-16(22)21-9-11(10-21)19-15-17-6-3-7-18-15/h3-8,11H,9-10H2,1-2H3,(H,20,22)(H,17,18,19). The van der Waals surface area contributed by atoms with Crippen LogP contribution in [0.2, 0.25) is 0 Å². The predicted octanol–water partition coefficient (Wildman–Crippen LogP) is 1.82. The van der Waals surface area contributed by atoms with Crippen molar-refractivity contribution in [2.75, 3.05) is 37.9 Å². The molecule has 1 aromatic carbocycles. The second-order valence-electron chi connectivity index (χ2n) is 5.32. The molecule has 126 valence electrons. The number of benzene rings is 1. The first-order chi connectivity index (χ1) is 11.7. The number of carbonyl (C=O) groups is 1. The predicted molar refractivity (Wildman–Crippen MR) is 89.6 cm³/mol. The lowest BCUT2D eigenvalue weighted by Crippen LogP contribution is -2.58. The van der Waals surface area contributed by atoms with E-state index in [0.717, 1.165) is 0 Å². The highest BCUT2D eigenvalue weighted by atomic mass is 16.5. The molecule has 2 heterocycles. The minimum Gasteiger partial charge on any atom is -0.497 e. The van der Waals surface area contributed by atoms with Crippen LogP contribution in [-0.4, -0.2) is 54.2 Å². The summed E-state index contributed by atoms with van der Waals surface area (Å²) in [4.78, 5) is 22.2. The summed E-state index contributed by atoms with van der Waals surface area (Å²) in [6, 6.07) is 6.98. The molecule has 1 aromatic heterocycles. The summed E-state index contributed by atoms with van der Waals surface area (Å²) in [6.45, 7) is 1.17. The SMILES string of the molecule is COc1ccc(NC(=O)N2CC(Nc3ncccn3)C2)c(OC)c1.